The van der Waals surface area contributed by atoms with Gasteiger partial charge in [0.2, 0.25) is 0 Å². The van der Waals surface area contributed by atoms with E-state index in [0.717, 1.165) is 0 Å². The fraction of sp³-hybridized carbons (Fsp3) is 0.440. The summed E-state index contributed by atoms with van der Waals surface area (Å²) in [6.07, 6.45) is -11.0. The lowest BCUT2D eigenvalue weighted by molar-refractivity contribution is -0.218. The summed E-state index contributed by atoms with van der Waals surface area (Å²) in [7, 11) is 3.74. The highest BCUT2D eigenvalue weighted by Gasteiger charge is 2.38. The van der Waals surface area contributed by atoms with Crippen LogP contribution in [0.4, 0.5) is 30.7 Å². The molecule has 39 heavy (non-hydrogen) atoms. The standard InChI is InChI=1S/C25H26F7N5O2/c1-36(2)12-20-21(34-35-33-20)13-37-7-8-38-23(22(37)16-3-5-19(26)6-4-16)39-14-15-9-17(24(27,28)29)11-18(10-15)25(30,31)32/h3-6,9-11,22-23H,7-8,12-14H2,1-2H3,(H,33,34,35)/t22-,23+/m0/s1. The Hall–Kier alpha value is -3.07. The van der Waals surface area contributed by atoms with E-state index in [1.807, 2.05) is 23.9 Å². The van der Waals surface area contributed by atoms with E-state index >= 15 is 0 Å². The second kappa shape index (κ2) is 11.6. The first kappa shape index (κ1) is 28.9. The minimum atomic E-state index is -4.98. The van der Waals surface area contributed by atoms with Crippen molar-refractivity contribution in [3.63, 3.8) is 0 Å². The lowest BCUT2D eigenvalue weighted by Gasteiger charge is -2.41. The number of morpholine rings is 1. The molecule has 0 bridgehead atoms. The Morgan fingerprint density at radius 3 is 2.18 bits per heavy atom. The molecule has 2 heterocycles. The van der Waals surface area contributed by atoms with Crippen LogP contribution in [-0.2, 0) is 41.5 Å². The van der Waals surface area contributed by atoms with Gasteiger partial charge in [0, 0.05) is 19.6 Å². The van der Waals surface area contributed by atoms with Gasteiger partial charge in [0.05, 0.1) is 30.4 Å². The monoisotopic (exact) mass is 561 g/mol. The molecule has 3 aromatic rings. The number of aromatic nitrogens is 3. The van der Waals surface area contributed by atoms with Crippen molar-refractivity contribution in [2.24, 2.45) is 0 Å². The average Bonchev–Trinajstić information content (AvgIpc) is 3.28. The Kier molecular flexibility index (Phi) is 8.59. The van der Waals surface area contributed by atoms with Gasteiger partial charge in [-0.3, -0.25) is 4.90 Å². The van der Waals surface area contributed by atoms with Crippen LogP contribution in [0.25, 0.3) is 0 Å². The van der Waals surface area contributed by atoms with Crippen LogP contribution in [0.2, 0.25) is 0 Å². The van der Waals surface area contributed by atoms with E-state index in [2.05, 4.69) is 15.4 Å². The van der Waals surface area contributed by atoms with Crippen LogP contribution < -0.4 is 0 Å². The molecule has 7 nitrogen and oxygen atoms in total. The van der Waals surface area contributed by atoms with E-state index in [4.69, 9.17) is 9.47 Å². The van der Waals surface area contributed by atoms with Crippen molar-refractivity contribution in [3.8, 4) is 0 Å². The predicted octanol–water partition coefficient (Wildman–Crippen LogP) is 5.16. The zero-order valence-corrected chi connectivity index (χ0v) is 21.0. The number of benzene rings is 2. The highest BCUT2D eigenvalue weighted by Crippen LogP contribution is 2.37. The first-order chi connectivity index (χ1) is 18.3. The summed E-state index contributed by atoms with van der Waals surface area (Å²) in [6, 6.07) is 6.16. The Labute approximate surface area is 219 Å². The summed E-state index contributed by atoms with van der Waals surface area (Å²) in [5.41, 5.74) is -1.26. The van der Waals surface area contributed by atoms with E-state index in [1.54, 1.807) is 0 Å². The zero-order valence-electron chi connectivity index (χ0n) is 21.0. The average molecular weight is 562 g/mol. The number of ether oxygens (including phenoxy) is 2. The lowest BCUT2D eigenvalue weighted by atomic mass is 10.0. The van der Waals surface area contributed by atoms with Crippen LogP contribution in [0, 0.1) is 5.82 Å². The summed E-state index contributed by atoms with van der Waals surface area (Å²) >= 11 is 0. The van der Waals surface area contributed by atoms with Crippen molar-refractivity contribution in [2.75, 3.05) is 27.2 Å². The van der Waals surface area contributed by atoms with Gasteiger partial charge < -0.3 is 14.4 Å². The Morgan fingerprint density at radius 2 is 1.59 bits per heavy atom. The molecule has 0 amide bonds. The highest BCUT2D eigenvalue weighted by atomic mass is 19.4. The SMILES string of the molecule is CN(C)Cc1n[nH]nc1CN1CCO[C@H](OCc2cc(C(F)(F)F)cc(C(F)(F)F)c2)[C@@H]1c1ccc(F)cc1. The summed E-state index contributed by atoms with van der Waals surface area (Å²) < 4.78 is 105. The van der Waals surface area contributed by atoms with Crippen LogP contribution in [0.5, 0.6) is 0 Å². The molecule has 2 aromatic carbocycles. The number of nitrogens with zero attached hydrogens (tertiary/aromatic N) is 4. The third-order valence-corrected chi connectivity index (χ3v) is 6.11. The van der Waals surface area contributed by atoms with E-state index < -0.39 is 48.2 Å². The lowest BCUT2D eigenvalue weighted by Crippen LogP contribution is -2.46. The van der Waals surface area contributed by atoms with Crippen LogP contribution >= 0.6 is 0 Å². The normalized spacial score (nSPS) is 19.1. The second-order valence-corrected chi connectivity index (χ2v) is 9.39. The molecule has 1 saturated heterocycles. The molecule has 1 aliphatic heterocycles. The molecule has 0 saturated carbocycles. The summed E-state index contributed by atoms with van der Waals surface area (Å²) in [5.74, 6) is -0.479. The minimum absolute atomic E-state index is 0.0624. The molecule has 1 N–H and O–H groups in total. The van der Waals surface area contributed by atoms with E-state index in [1.165, 1.54) is 24.3 Å². The molecule has 0 radical (unpaired) electrons. The largest absolute Gasteiger partial charge is 0.416 e. The van der Waals surface area contributed by atoms with Crippen LogP contribution in [-0.4, -0.2) is 58.7 Å². The maximum Gasteiger partial charge on any atom is 0.416 e. The van der Waals surface area contributed by atoms with Gasteiger partial charge in [0.15, 0.2) is 6.29 Å². The maximum absolute atomic E-state index is 13.7. The van der Waals surface area contributed by atoms with Gasteiger partial charge in [0.25, 0.3) is 0 Å². The Bertz CT molecular complexity index is 1210. The number of rotatable bonds is 8. The van der Waals surface area contributed by atoms with Crippen molar-refractivity contribution in [3.05, 3.63) is 81.9 Å². The van der Waals surface area contributed by atoms with E-state index in [9.17, 15) is 30.7 Å². The van der Waals surface area contributed by atoms with Gasteiger partial charge in [-0.05, 0) is 55.6 Å². The second-order valence-electron chi connectivity index (χ2n) is 9.39. The third-order valence-electron chi connectivity index (χ3n) is 6.11. The van der Waals surface area contributed by atoms with Crippen molar-refractivity contribution in [1.29, 1.82) is 0 Å². The highest BCUT2D eigenvalue weighted by molar-refractivity contribution is 5.33. The molecule has 1 fully saturated rings. The van der Waals surface area contributed by atoms with E-state index in [0.29, 0.717) is 42.2 Å². The van der Waals surface area contributed by atoms with Gasteiger partial charge in [0.1, 0.15) is 17.2 Å². The molecule has 14 heteroatoms. The number of hydrogen-bond acceptors (Lipinski definition) is 6. The first-order valence-electron chi connectivity index (χ1n) is 11.9. The smallest absolute Gasteiger partial charge is 0.349 e. The Morgan fingerprint density at radius 1 is 0.974 bits per heavy atom. The number of H-pyrrole nitrogens is 1. The van der Waals surface area contributed by atoms with Gasteiger partial charge in [-0.1, -0.05) is 12.1 Å². The van der Waals surface area contributed by atoms with Gasteiger partial charge in [-0.25, -0.2) is 4.39 Å². The van der Waals surface area contributed by atoms with Crippen molar-refractivity contribution in [1.82, 2.24) is 25.2 Å². The molecule has 1 aromatic heterocycles. The predicted molar refractivity (Wildman–Crippen MR) is 124 cm³/mol. The van der Waals surface area contributed by atoms with Crippen molar-refractivity contribution >= 4 is 0 Å². The fourth-order valence-corrected chi connectivity index (χ4v) is 4.33. The molecule has 0 spiro atoms. The molecule has 4 rings (SSSR count). The molecular formula is C25H26F7N5O2. The van der Waals surface area contributed by atoms with Gasteiger partial charge >= 0.3 is 12.4 Å². The number of nitrogens with one attached hydrogen (secondary N) is 1. The quantitative estimate of drug-likeness (QED) is 0.384. The molecular weight excluding hydrogens is 535 g/mol. The van der Waals surface area contributed by atoms with Crippen molar-refractivity contribution in [2.45, 2.75) is 44.4 Å². The van der Waals surface area contributed by atoms with Crippen LogP contribution in [0.15, 0.2) is 42.5 Å². The summed E-state index contributed by atoms with van der Waals surface area (Å²) in [4.78, 5) is 3.85. The fourth-order valence-electron chi connectivity index (χ4n) is 4.33. The van der Waals surface area contributed by atoms with Gasteiger partial charge in [-0.2, -0.15) is 41.8 Å². The number of alkyl halides is 6. The molecule has 1 aliphatic rings. The molecule has 212 valence electrons. The molecule has 0 aliphatic carbocycles. The number of hydrogen-bond donors (Lipinski definition) is 1. The summed E-state index contributed by atoms with van der Waals surface area (Å²) in [5, 5.41) is 11.0. The van der Waals surface area contributed by atoms with Crippen LogP contribution in [0.3, 0.4) is 0 Å². The number of halogens is 7. The minimum Gasteiger partial charge on any atom is -0.349 e. The van der Waals surface area contributed by atoms with E-state index in [-0.39, 0.29) is 24.8 Å². The molecule has 0 unspecified atom stereocenters. The Balaban J connectivity index is 1.62. The van der Waals surface area contributed by atoms with Crippen molar-refractivity contribution < 1.29 is 40.2 Å². The topological polar surface area (TPSA) is 66.5 Å². The number of aromatic amines is 1. The molecule has 2 atom stereocenters. The van der Waals surface area contributed by atoms with Crippen LogP contribution in [0.1, 0.15) is 39.7 Å². The summed E-state index contributed by atoms with van der Waals surface area (Å²) in [6.45, 7) is 0.776. The van der Waals surface area contributed by atoms with Gasteiger partial charge in [-0.15, -0.1) is 0 Å². The third kappa shape index (κ3) is 7.32. The zero-order chi connectivity index (χ0) is 28.4. The maximum atomic E-state index is 13.7. The first-order valence-corrected chi connectivity index (χ1v) is 11.9.